The third-order valence-corrected chi connectivity index (χ3v) is 18.3. The fraction of sp³-hybridized carbons (Fsp3) is 0.341. The maximum Gasteiger partial charge on any atom is 0.252 e. The number of hydrogen-bond acceptors (Lipinski definition) is 2. The van der Waals surface area contributed by atoms with Gasteiger partial charge in [0.05, 0.1) is 27.7 Å². The quantitative estimate of drug-likeness (QED) is 0.173. The van der Waals surface area contributed by atoms with Crippen LogP contribution in [0.25, 0.3) is 60.9 Å². The molecule has 0 spiro atoms. The van der Waals surface area contributed by atoms with Crippen LogP contribution >= 0.6 is 0 Å². The molecule has 1 aromatic heterocycles. The Bertz CT molecular complexity index is 4720. The summed E-state index contributed by atoms with van der Waals surface area (Å²) in [6, 6.07) is 42.7. The van der Waals surface area contributed by atoms with Crippen molar-refractivity contribution < 1.29 is 11.0 Å². The van der Waals surface area contributed by atoms with Crippen LogP contribution in [0.1, 0.15) is 195 Å². The molecule has 0 saturated carbocycles. The van der Waals surface area contributed by atoms with E-state index < -0.39 is 24.2 Å². The van der Waals surface area contributed by atoms with E-state index in [-0.39, 0.29) is 90.6 Å². The summed E-state index contributed by atoms with van der Waals surface area (Å²) < 4.78 is 76.3. The first-order valence-electron chi connectivity index (χ1n) is 35.0. The molecule has 2 aliphatic heterocycles. The monoisotopic (exact) mass is 1140 g/mol. The highest BCUT2D eigenvalue weighted by Gasteiger charge is 2.44. The highest BCUT2D eigenvalue weighted by atomic mass is 15.2. The predicted octanol–water partition coefficient (Wildman–Crippen LogP) is 21.2. The minimum Gasteiger partial charge on any atom is -0.356 e. The normalized spacial score (nSPS) is 15.2. The van der Waals surface area contributed by atoms with Gasteiger partial charge in [-0.3, -0.25) is 0 Å². The van der Waals surface area contributed by atoms with E-state index in [1.165, 1.54) is 27.8 Å². The summed E-state index contributed by atoms with van der Waals surface area (Å²) in [6.45, 7) is 47.5. The van der Waals surface area contributed by atoms with Crippen molar-refractivity contribution in [1.82, 2.24) is 4.57 Å². The topological polar surface area (TPSA) is 20.2 Å². The lowest BCUT2D eigenvalue weighted by molar-refractivity contribution is 0.568. The zero-order valence-corrected chi connectivity index (χ0v) is 55.0. The van der Waals surface area contributed by atoms with Crippen LogP contribution < -0.4 is 26.6 Å². The van der Waals surface area contributed by atoms with E-state index in [2.05, 4.69) is 271 Å². The largest absolute Gasteiger partial charge is 0.356 e. The first-order valence-corrected chi connectivity index (χ1v) is 31.0. The molecule has 3 heterocycles. The van der Waals surface area contributed by atoms with Crippen LogP contribution in [0, 0.1) is 0 Å². The number of para-hydroxylation sites is 2. The van der Waals surface area contributed by atoms with Crippen molar-refractivity contribution in [3.63, 3.8) is 0 Å². The van der Waals surface area contributed by atoms with Gasteiger partial charge < -0.3 is 14.8 Å². The number of benzene rings is 9. The number of aromatic nitrogens is 1. The summed E-state index contributed by atoms with van der Waals surface area (Å²) in [5.41, 5.74) is 22.0. The molecule has 0 atom stereocenters. The number of anilines is 5. The van der Waals surface area contributed by atoms with Gasteiger partial charge >= 0.3 is 0 Å². The van der Waals surface area contributed by atoms with Crippen LogP contribution in [0.5, 0.6) is 0 Å². The molecule has 0 unspecified atom stereocenters. The van der Waals surface area contributed by atoms with Gasteiger partial charge in [0.25, 0.3) is 6.71 Å². The molecule has 0 aliphatic carbocycles. The minimum atomic E-state index is -0.480. The van der Waals surface area contributed by atoms with Gasteiger partial charge in [0, 0.05) is 50.3 Å². The summed E-state index contributed by atoms with van der Waals surface area (Å²) in [5, 5.41) is 4.20. The average Bonchev–Trinajstić information content (AvgIpc) is 0.833. The highest BCUT2D eigenvalue weighted by Crippen LogP contribution is 2.53. The SMILES string of the molecule is [2H]c1c([2H])c([2H])c2c(c1[2H])c1c([2H])c([2H])c([2H])c([2H])c1n2-c1ccc2c(c1)N(c1c(-c3ccc(C(C)(C)C)cc3)cc(C(C)(C)C)cc1-c1ccc(C(C)(C)C)cc1C(C)(C)C)c1cc(C(C)(C)C)cc3c1B2c1ccc(-c2cc(C(C)(C)C)cc(C(C)(C)C)c2)cc1N3. The zero-order valence-electron chi connectivity index (χ0n) is 63.0. The molecule has 0 amide bonds. The number of hydrogen-bond donors (Lipinski definition) is 1. The zero-order chi connectivity index (χ0) is 68.7. The standard InChI is InChI=1S/C82H92BN3/c1-76(2,3)53-33-30-50(31-34-53)63-44-57(80(13,14)15)45-64(60-37-35-54(77(4,5)6)46-65(60)82(19,20)21)75(63)86-72-49-59(85-70-28-24-22-26-61(70)62-27-23-25-29-71(62)85)36-39-67(72)83-66-38-32-51(52-40-55(78(7,8)9)43-56(41-52)79(10,11)12)42-68(66)84-69-47-58(81(16,17)18)48-73(86)74(69)83/h22-49,84H,1-21H3/i22D,23D,24D,25D,26D,27D,28D,29D. The first kappa shape index (κ1) is 49.5. The molecule has 4 heteroatoms. The second-order valence-electron chi connectivity index (χ2n) is 32.0. The number of rotatable bonds is 5. The van der Waals surface area contributed by atoms with Crippen LogP contribution in [0.3, 0.4) is 0 Å². The minimum absolute atomic E-state index is 0.0348. The van der Waals surface area contributed by atoms with Crippen molar-refractivity contribution >= 4 is 73.3 Å². The summed E-state index contributed by atoms with van der Waals surface area (Å²) >= 11 is 0. The van der Waals surface area contributed by atoms with Crippen molar-refractivity contribution in [2.75, 3.05) is 10.2 Å². The Hall–Kier alpha value is -7.56. The van der Waals surface area contributed by atoms with E-state index in [1.54, 1.807) is 4.57 Å². The third-order valence-electron chi connectivity index (χ3n) is 18.3. The fourth-order valence-corrected chi connectivity index (χ4v) is 13.0. The van der Waals surface area contributed by atoms with Crippen LogP contribution in [-0.2, 0) is 37.9 Å². The molecule has 9 aromatic carbocycles. The van der Waals surface area contributed by atoms with Crippen LogP contribution in [0.2, 0.25) is 0 Å². The molecule has 438 valence electrons. The van der Waals surface area contributed by atoms with E-state index in [9.17, 15) is 5.48 Å². The maximum absolute atomic E-state index is 9.72. The van der Waals surface area contributed by atoms with Gasteiger partial charge in [0.15, 0.2) is 0 Å². The highest BCUT2D eigenvalue weighted by molar-refractivity contribution is 7.00. The molecule has 10 aromatic rings. The van der Waals surface area contributed by atoms with Crippen molar-refractivity contribution in [2.45, 2.75) is 183 Å². The van der Waals surface area contributed by atoms with Gasteiger partial charge in [0.2, 0.25) is 0 Å². The lowest BCUT2D eigenvalue weighted by Crippen LogP contribution is -2.60. The fourth-order valence-electron chi connectivity index (χ4n) is 13.0. The molecular formula is C82H92BN3. The smallest absolute Gasteiger partial charge is 0.252 e. The summed E-state index contributed by atoms with van der Waals surface area (Å²) in [7, 11) is 0. The van der Waals surface area contributed by atoms with Gasteiger partial charge in [0.1, 0.15) is 0 Å². The third kappa shape index (κ3) is 10.3. The lowest BCUT2D eigenvalue weighted by atomic mass is 9.33. The summed E-state index contributed by atoms with van der Waals surface area (Å²) in [6.07, 6.45) is 0. The van der Waals surface area contributed by atoms with Crippen LogP contribution in [0.15, 0.2) is 170 Å². The van der Waals surface area contributed by atoms with Crippen molar-refractivity contribution in [2.24, 2.45) is 0 Å². The average molecular weight is 1140 g/mol. The molecule has 86 heavy (non-hydrogen) atoms. The van der Waals surface area contributed by atoms with E-state index >= 15 is 0 Å². The van der Waals surface area contributed by atoms with Crippen LogP contribution in [-0.4, -0.2) is 11.3 Å². The molecule has 2 aliphatic rings. The number of nitrogens with zero attached hydrogens (tertiary/aromatic N) is 2. The molecular weight excluding hydrogens is 1040 g/mol. The van der Waals surface area contributed by atoms with E-state index in [0.717, 1.165) is 89.3 Å². The van der Waals surface area contributed by atoms with E-state index in [4.69, 9.17) is 5.48 Å². The predicted molar refractivity (Wildman–Crippen MR) is 377 cm³/mol. The van der Waals surface area contributed by atoms with Crippen molar-refractivity contribution in [3.8, 4) is 39.1 Å². The Kier molecular flexibility index (Phi) is 11.5. The van der Waals surface area contributed by atoms with Gasteiger partial charge in [-0.2, -0.15) is 0 Å². The summed E-state index contributed by atoms with van der Waals surface area (Å²) in [5.74, 6) is 0. The number of nitrogens with one attached hydrogen (secondary N) is 1. The lowest BCUT2D eigenvalue weighted by Gasteiger charge is -2.43. The summed E-state index contributed by atoms with van der Waals surface area (Å²) in [4.78, 5) is 2.48. The Balaban J connectivity index is 1.28. The van der Waals surface area contributed by atoms with Gasteiger partial charge in [-0.25, -0.2) is 0 Å². The number of fused-ring (bicyclic) bond motifs is 7. The van der Waals surface area contributed by atoms with Crippen molar-refractivity contribution in [3.05, 3.63) is 209 Å². The second kappa shape index (κ2) is 20.0. The van der Waals surface area contributed by atoms with Crippen LogP contribution in [0.4, 0.5) is 28.4 Å². The Morgan fingerprint density at radius 2 is 0.860 bits per heavy atom. The molecule has 1 N–H and O–H groups in total. The van der Waals surface area contributed by atoms with Gasteiger partial charge in [-0.1, -0.05) is 261 Å². The molecule has 3 nitrogen and oxygen atoms in total. The molecule has 12 rings (SSSR count). The van der Waals surface area contributed by atoms with Crippen molar-refractivity contribution in [1.29, 1.82) is 0 Å². The molecule has 0 bridgehead atoms. The van der Waals surface area contributed by atoms with E-state index in [1.807, 2.05) is 6.07 Å². The molecule has 0 fully saturated rings. The van der Waals surface area contributed by atoms with E-state index in [0.29, 0.717) is 5.69 Å². The Labute approximate surface area is 527 Å². The Morgan fingerprint density at radius 3 is 1.42 bits per heavy atom. The Morgan fingerprint density at radius 1 is 0.360 bits per heavy atom. The first-order chi connectivity index (χ1) is 43.4. The maximum atomic E-state index is 9.72. The van der Waals surface area contributed by atoms with Gasteiger partial charge in [-0.15, -0.1) is 0 Å². The van der Waals surface area contributed by atoms with Gasteiger partial charge in [-0.05, 0) is 170 Å². The molecule has 0 radical (unpaired) electrons. The molecule has 0 saturated heterocycles. The second-order valence-corrected chi connectivity index (χ2v) is 32.0.